The number of fused-ring (bicyclic) bond motifs is 1. The molecule has 4 amide bonds. The minimum absolute atomic E-state index is 0.137. The Bertz CT molecular complexity index is 475. The molecule has 22 heavy (non-hydrogen) atoms. The quantitative estimate of drug-likeness (QED) is 0.578. The van der Waals surface area contributed by atoms with Crippen molar-refractivity contribution >= 4 is 23.6 Å². The van der Waals surface area contributed by atoms with Gasteiger partial charge in [0.1, 0.15) is 0 Å². The molecule has 0 aromatic heterocycles. The van der Waals surface area contributed by atoms with E-state index in [-0.39, 0.29) is 49.0 Å². The van der Waals surface area contributed by atoms with E-state index in [2.05, 4.69) is 0 Å². The van der Waals surface area contributed by atoms with Crippen molar-refractivity contribution in [2.45, 2.75) is 39.8 Å². The average Bonchev–Trinajstić information content (AvgIpc) is 2.44. The fourth-order valence-electron chi connectivity index (χ4n) is 3.12. The van der Waals surface area contributed by atoms with Crippen molar-refractivity contribution in [1.82, 2.24) is 19.6 Å². The van der Waals surface area contributed by atoms with Gasteiger partial charge in [-0.3, -0.25) is 19.2 Å². The van der Waals surface area contributed by atoms with E-state index in [0.29, 0.717) is 13.1 Å². The first-order valence-corrected chi connectivity index (χ1v) is 7.27. The first-order chi connectivity index (χ1) is 10.2. The van der Waals surface area contributed by atoms with Gasteiger partial charge in [-0.2, -0.15) is 0 Å². The van der Waals surface area contributed by atoms with E-state index in [1.54, 1.807) is 19.6 Å². The molecule has 0 spiro atoms. The maximum absolute atomic E-state index is 12.0. The summed E-state index contributed by atoms with van der Waals surface area (Å²) in [5, 5.41) is 0. The summed E-state index contributed by atoms with van der Waals surface area (Å²) in [6.45, 7) is 6.93. The van der Waals surface area contributed by atoms with Crippen LogP contribution in [0.4, 0.5) is 0 Å². The van der Waals surface area contributed by atoms with Crippen LogP contribution < -0.4 is 0 Å². The fraction of sp³-hybridized carbons (Fsp3) is 0.714. The summed E-state index contributed by atoms with van der Waals surface area (Å²) in [6.07, 6.45) is 0. The van der Waals surface area contributed by atoms with Gasteiger partial charge in [0.15, 0.2) is 0 Å². The van der Waals surface area contributed by atoms with Gasteiger partial charge in [-0.05, 0) is 0 Å². The average molecular weight is 310 g/mol. The molecule has 2 aliphatic rings. The predicted octanol–water partition coefficient (Wildman–Crippen LogP) is -0.940. The van der Waals surface area contributed by atoms with Crippen LogP contribution in [0.15, 0.2) is 0 Å². The predicted molar refractivity (Wildman–Crippen MR) is 77.1 cm³/mol. The van der Waals surface area contributed by atoms with Crippen LogP contribution in [-0.2, 0) is 19.2 Å². The molecule has 2 saturated heterocycles. The van der Waals surface area contributed by atoms with Gasteiger partial charge in [-0.1, -0.05) is 0 Å². The summed E-state index contributed by atoms with van der Waals surface area (Å²) < 4.78 is 0. The van der Waals surface area contributed by atoms with Crippen molar-refractivity contribution in [2.75, 3.05) is 26.4 Å². The smallest absolute Gasteiger partial charge is 0.221 e. The molecule has 0 saturated carbocycles. The van der Waals surface area contributed by atoms with Gasteiger partial charge in [0.25, 0.3) is 0 Å². The van der Waals surface area contributed by atoms with Crippen molar-refractivity contribution in [2.24, 2.45) is 0 Å². The van der Waals surface area contributed by atoms with Crippen LogP contribution in [-0.4, -0.2) is 81.7 Å². The molecule has 0 unspecified atom stereocenters. The molecule has 8 heteroatoms. The first kappa shape index (κ1) is 16.3. The Morgan fingerprint density at radius 3 is 1.18 bits per heavy atom. The van der Waals surface area contributed by atoms with Gasteiger partial charge < -0.3 is 19.6 Å². The van der Waals surface area contributed by atoms with E-state index in [4.69, 9.17) is 0 Å². The van der Waals surface area contributed by atoms with Crippen molar-refractivity contribution in [1.29, 1.82) is 0 Å². The second-order valence-corrected chi connectivity index (χ2v) is 5.88. The minimum Gasteiger partial charge on any atom is -0.323 e. The Morgan fingerprint density at radius 1 is 0.636 bits per heavy atom. The van der Waals surface area contributed by atoms with Gasteiger partial charge in [-0.25, -0.2) is 0 Å². The molecule has 0 N–H and O–H groups in total. The van der Waals surface area contributed by atoms with Gasteiger partial charge in [0.2, 0.25) is 23.6 Å². The number of amides is 4. The Labute approximate surface area is 129 Å². The van der Waals surface area contributed by atoms with E-state index in [1.165, 1.54) is 27.7 Å². The summed E-state index contributed by atoms with van der Waals surface area (Å²) >= 11 is 0. The molecule has 2 rings (SSSR count). The van der Waals surface area contributed by atoms with E-state index in [0.717, 1.165) is 0 Å². The zero-order valence-electron chi connectivity index (χ0n) is 13.4. The zero-order valence-corrected chi connectivity index (χ0v) is 13.4. The van der Waals surface area contributed by atoms with E-state index in [9.17, 15) is 19.2 Å². The number of hydrogen-bond donors (Lipinski definition) is 0. The van der Waals surface area contributed by atoms with Crippen LogP contribution in [0.5, 0.6) is 0 Å². The van der Waals surface area contributed by atoms with Crippen molar-refractivity contribution in [3.63, 3.8) is 0 Å². The lowest BCUT2D eigenvalue weighted by Crippen LogP contribution is -2.72. The molecule has 2 heterocycles. The summed E-state index contributed by atoms with van der Waals surface area (Å²) in [4.78, 5) is 53.6. The lowest BCUT2D eigenvalue weighted by Gasteiger charge is -2.54. The molecule has 0 aromatic carbocycles. The molecule has 0 aromatic rings. The topological polar surface area (TPSA) is 81.2 Å². The second-order valence-electron chi connectivity index (χ2n) is 5.88. The monoisotopic (exact) mass is 310 g/mol. The number of rotatable bonds is 0. The Balaban J connectivity index is 2.36. The van der Waals surface area contributed by atoms with Crippen LogP contribution >= 0.6 is 0 Å². The highest BCUT2D eigenvalue weighted by Gasteiger charge is 2.45. The normalized spacial score (nSPS) is 24.9. The molecule has 0 aliphatic carbocycles. The number of carbonyl (C=O) groups excluding carboxylic acids is 4. The standard InChI is InChI=1S/C14H22N4O4/c1-9(19)15-5-13-14(17(7-15)11(3)21)6-16(10(2)20)8-18(13)12(4)22/h13-14H,5-8H2,1-4H3/t13-,14+. The Morgan fingerprint density at radius 2 is 0.955 bits per heavy atom. The summed E-state index contributed by atoms with van der Waals surface area (Å²) in [5.41, 5.74) is 0. The largest absolute Gasteiger partial charge is 0.323 e. The lowest BCUT2D eigenvalue weighted by atomic mass is 9.98. The highest BCUT2D eigenvalue weighted by Crippen LogP contribution is 2.25. The zero-order chi connectivity index (χ0) is 16.6. The Hall–Kier alpha value is -2.12. The van der Waals surface area contributed by atoms with Crippen molar-refractivity contribution in [3.8, 4) is 0 Å². The van der Waals surface area contributed by atoms with E-state index in [1.807, 2.05) is 0 Å². The third-order valence-electron chi connectivity index (χ3n) is 4.41. The van der Waals surface area contributed by atoms with Crippen LogP contribution in [0, 0.1) is 0 Å². The van der Waals surface area contributed by atoms with Crippen molar-refractivity contribution < 1.29 is 19.2 Å². The fourth-order valence-corrected chi connectivity index (χ4v) is 3.12. The van der Waals surface area contributed by atoms with Gasteiger partial charge in [0.05, 0.1) is 25.4 Å². The molecule has 0 bridgehead atoms. The number of hydrogen-bond acceptors (Lipinski definition) is 4. The SMILES string of the molecule is CC(=O)N1C[C@H]2[C@@H](CN(C(C)=O)CN2C(C)=O)N(C(C)=O)C1. The third kappa shape index (κ3) is 2.90. The van der Waals surface area contributed by atoms with Crippen LogP contribution in [0.25, 0.3) is 0 Å². The Kier molecular flexibility index (Phi) is 4.39. The first-order valence-electron chi connectivity index (χ1n) is 7.27. The van der Waals surface area contributed by atoms with E-state index >= 15 is 0 Å². The third-order valence-corrected chi connectivity index (χ3v) is 4.41. The maximum Gasteiger partial charge on any atom is 0.221 e. The molecule has 122 valence electrons. The molecule has 2 atom stereocenters. The molecule has 8 nitrogen and oxygen atoms in total. The van der Waals surface area contributed by atoms with Crippen molar-refractivity contribution in [3.05, 3.63) is 0 Å². The second kappa shape index (κ2) is 5.94. The number of carbonyl (C=O) groups is 4. The maximum atomic E-state index is 12.0. The summed E-state index contributed by atoms with van der Waals surface area (Å²) in [7, 11) is 0. The summed E-state index contributed by atoms with van der Waals surface area (Å²) in [5.74, 6) is -0.617. The van der Waals surface area contributed by atoms with Gasteiger partial charge in [0, 0.05) is 40.8 Å². The number of nitrogens with zero attached hydrogens (tertiary/aromatic N) is 4. The molecule has 2 fully saturated rings. The molecule has 2 aliphatic heterocycles. The van der Waals surface area contributed by atoms with Crippen LogP contribution in [0.3, 0.4) is 0 Å². The van der Waals surface area contributed by atoms with E-state index < -0.39 is 0 Å². The highest BCUT2D eigenvalue weighted by atomic mass is 16.2. The summed E-state index contributed by atoms with van der Waals surface area (Å²) in [6, 6.07) is -0.565. The van der Waals surface area contributed by atoms with Gasteiger partial charge >= 0.3 is 0 Å². The van der Waals surface area contributed by atoms with Gasteiger partial charge in [-0.15, -0.1) is 0 Å². The molecule has 0 radical (unpaired) electrons. The minimum atomic E-state index is -0.283. The lowest BCUT2D eigenvalue weighted by molar-refractivity contribution is -0.166. The van der Waals surface area contributed by atoms with Crippen LogP contribution in [0.2, 0.25) is 0 Å². The molecular formula is C14H22N4O4. The highest BCUT2D eigenvalue weighted by molar-refractivity contribution is 5.79. The van der Waals surface area contributed by atoms with Crippen LogP contribution in [0.1, 0.15) is 27.7 Å². The molecular weight excluding hydrogens is 288 g/mol.